The highest BCUT2D eigenvalue weighted by Gasteiger charge is 2.21. The molecule has 0 radical (unpaired) electrons. The normalized spacial score (nSPS) is 19.6. The topological polar surface area (TPSA) is 22.1 Å². The lowest BCUT2D eigenvalue weighted by Gasteiger charge is -2.19. The van der Waals surface area contributed by atoms with E-state index in [1.165, 1.54) is 21.9 Å². The van der Waals surface area contributed by atoms with Crippen molar-refractivity contribution in [2.24, 2.45) is 0 Å². The Morgan fingerprint density at radius 1 is 1.42 bits per heavy atom. The summed E-state index contributed by atoms with van der Waals surface area (Å²) in [5.74, 6) is 0.485. The molecule has 1 aromatic carbocycles. The quantitative estimate of drug-likeness (QED) is 0.786. The predicted octanol–water partition coefficient (Wildman–Crippen LogP) is 4.78. The molecule has 1 aromatic heterocycles. The Bertz CT molecular complexity index is 575. The molecule has 0 spiro atoms. The number of halogens is 1. The maximum atomic E-state index is 5.57. The lowest BCUT2D eigenvalue weighted by molar-refractivity contribution is 0.0804. The van der Waals surface area contributed by atoms with Crippen LogP contribution in [0.2, 0.25) is 0 Å². The zero-order chi connectivity index (χ0) is 13.2. The Kier molecular flexibility index (Phi) is 4.01. The Morgan fingerprint density at radius 2 is 2.32 bits per heavy atom. The van der Waals surface area contributed by atoms with Gasteiger partial charge in [0.05, 0.1) is 17.3 Å². The van der Waals surface area contributed by atoms with Gasteiger partial charge in [0.25, 0.3) is 0 Å². The third kappa shape index (κ3) is 2.91. The second kappa shape index (κ2) is 5.73. The molecule has 2 nitrogen and oxygen atoms in total. The first-order valence-electron chi connectivity index (χ1n) is 6.55. The van der Waals surface area contributed by atoms with Crippen molar-refractivity contribution in [2.75, 3.05) is 13.2 Å². The van der Waals surface area contributed by atoms with E-state index in [-0.39, 0.29) is 0 Å². The first kappa shape index (κ1) is 13.3. The summed E-state index contributed by atoms with van der Waals surface area (Å²) in [6, 6.07) is 8.35. The van der Waals surface area contributed by atoms with Crippen molar-refractivity contribution >= 4 is 27.3 Å². The number of ether oxygens (including phenoxy) is 1. The molecule has 3 rings (SSSR count). The summed E-state index contributed by atoms with van der Waals surface area (Å²) in [7, 11) is 0. The minimum atomic E-state index is 0.485. The lowest BCUT2D eigenvalue weighted by Crippen LogP contribution is -2.15. The summed E-state index contributed by atoms with van der Waals surface area (Å²) in [6.07, 6.45) is 2.35. The lowest BCUT2D eigenvalue weighted by atomic mass is 10.0. The van der Waals surface area contributed by atoms with Gasteiger partial charge in [-0.3, -0.25) is 0 Å². The summed E-state index contributed by atoms with van der Waals surface area (Å²) >= 11 is 5.34. The molecular formula is C15H16BrNOS. The number of rotatable bonds is 2. The third-order valence-electron chi connectivity index (χ3n) is 3.42. The van der Waals surface area contributed by atoms with E-state index in [1.807, 2.05) is 17.4 Å². The summed E-state index contributed by atoms with van der Waals surface area (Å²) in [6.45, 7) is 3.88. The molecule has 1 saturated heterocycles. The molecule has 1 unspecified atom stereocenters. The summed E-state index contributed by atoms with van der Waals surface area (Å²) in [4.78, 5) is 6.15. The van der Waals surface area contributed by atoms with E-state index in [9.17, 15) is 0 Å². The fraction of sp³-hybridized carbons (Fsp3) is 0.400. The van der Waals surface area contributed by atoms with Gasteiger partial charge in [-0.25, -0.2) is 4.98 Å². The van der Waals surface area contributed by atoms with Gasteiger partial charge in [-0.2, -0.15) is 0 Å². The fourth-order valence-corrected chi connectivity index (χ4v) is 3.89. The number of nitrogens with zero attached hydrogens (tertiary/aromatic N) is 1. The van der Waals surface area contributed by atoms with Crippen molar-refractivity contribution in [3.05, 3.63) is 38.6 Å². The van der Waals surface area contributed by atoms with Gasteiger partial charge in [-0.1, -0.05) is 28.1 Å². The minimum absolute atomic E-state index is 0.485. The number of benzene rings is 1. The van der Waals surface area contributed by atoms with Gasteiger partial charge in [0.1, 0.15) is 0 Å². The molecular weight excluding hydrogens is 322 g/mol. The monoisotopic (exact) mass is 337 g/mol. The van der Waals surface area contributed by atoms with Gasteiger partial charge in [0, 0.05) is 27.4 Å². The van der Waals surface area contributed by atoms with Crippen molar-refractivity contribution in [1.29, 1.82) is 0 Å². The molecule has 19 heavy (non-hydrogen) atoms. The van der Waals surface area contributed by atoms with E-state index < -0.39 is 0 Å². The molecule has 0 saturated carbocycles. The molecule has 1 atom stereocenters. The maximum absolute atomic E-state index is 5.57. The molecule has 100 valence electrons. The maximum Gasteiger partial charge on any atom is 0.0989 e. The van der Waals surface area contributed by atoms with Crippen LogP contribution in [0.1, 0.15) is 28.6 Å². The molecule has 0 aliphatic carbocycles. The Balaban J connectivity index is 1.92. The van der Waals surface area contributed by atoms with Crippen LogP contribution in [0.3, 0.4) is 0 Å². The Morgan fingerprint density at radius 3 is 3.05 bits per heavy atom. The molecule has 0 bridgehead atoms. The number of thiazole rings is 1. The van der Waals surface area contributed by atoms with Gasteiger partial charge >= 0.3 is 0 Å². The van der Waals surface area contributed by atoms with E-state index in [4.69, 9.17) is 9.72 Å². The molecule has 1 aliphatic rings. The van der Waals surface area contributed by atoms with Gasteiger partial charge in [0.15, 0.2) is 0 Å². The number of aromatic nitrogens is 1. The van der Waals surface area contributed by atoms with Crippen LogP contribution >= 0.6 is 27.3 Å². The average molecular weight is 338 g/mol. The van der Waals surface area contributed by atoms with Crippen molar-refractivity contribution in [1.82, 2.24) is 4.98 Å². The largest absolute Gasteiger partial charge is 0.381 e. The highest BCUT2D eigenvalue weighted by molar-refractivity contribution is 9.10. The van der Waals surface area contributed by atoms with Crippen LogP contribution in [0.25, 0.3) is 11.3 Å². The second-order valence-electron chi connectivity index (χ2n) is 4.88. The summed E-state index contributed by atoms with van der Waals surface area (Å²) in [5, 5.41) is 1.23. The average Bonchev–Trinajstić information content (AvgIpc) is 2.82. The van der Waals surface area contributed by atoms with E-state index in [2.05, 4.69) is 41.1 Å². The van der Waals surface area contributed by atoms with Crippen LogP contribution in [-0.2, 0) is 4.74 Å². The Labute approximate surface area is 126 Å². The van der Waals surface area contributed by atoms with E-state index in [0.29, 0.717) is 5.92 Å². The smallest absolute Gasteiger partial charge is 0.0989 e. The number of hydrogen-bond donors (Lipinski definition) is 0. The highest BCUT2D eigenvalue weighted by atomic mass is 79.9. The molecule has 4 heteroatoms. The van der Waals surface area contributed by atoms with E-state index in [1.54, 1.807) is 0 Å². The van der Waals surface area contributed by atoms with Gasteiger partial charge in [0.2, 0.25) is 0 Å². The molecule has 1 fully saturated rings. The molecule has 1 aliphatic heterocycles. The van der Waals surface area contributed by atoms with Crippen LogP contribution in [-0.4, -0.2) is 18.2 Å². The highest BCUT2D eigenvalue weighted by Crippen LogP contribution is 2.35. The molecule has 2 aromatic rings. The standard InChI is InChI=1S/C15H16BrNOS/c1-10-14(11-4-2-6-13(16)8-11)17-15(19-10)12-5-3-7-18-9-12/h2,4,6,8,12H,3,5,7,9H2,1H3. The zero-order valence-electron chi connectivity index (χ0n) is 10.9. The SMILES string of the molecule is Cc1sc(C2CCCOC2)nc1-c1cccc(Br)c1. The van der Waals surface area contributed by atoms with Crippen LogP contribution in [0, 0.1) is 6.92 Å². The first-order valence-corrected chi connectivity index (χ1v) is 8.16. The summed E-state index contributed by atoms with van der Waals surface area (Å²) < 4.78 is 6.67. The van der Waals surface area contributed by atoms with Gasteiger partial charge in [-0.15, -0.1) is 11.3 Å². The van der Waals surface area contributed by atoms with Crippen molar-refractivity contribution in [3.63, 3.8) is 0 Å². The zero-order valence-corrected chi connectivity index (χ0v) is 13.3. The minimum Gasteiger partial charge on any atom is -0.381 e. The third-order valence-corrected chi connectivity index (χ3v) is 5.05. The molecule has 0 amide bonds. The molecule has 2 heterocycles. The second-order valence-corrected chi connectivity index (χ2v) is 7.03. The fourth-order valence-electron chi connectivity index (χ4n) is 2.43. The number of hydrogen-bond acceptors (Lipinski definition) is 3. The van der Waals surface area contributed by atoms with Gasteiger partial charge < -0.3 is 4.74 Å². The van der Waals surface area contributed by atoms with Crippen LogP contribution in [0.15, 0.2) is 28.7 Å². The molecule has 0 N–H and O–H groups in total. The summed E-state index contributed by atoms with van der Waals surface area (Å²) in [5.41, 5.74) is 2.30. The van der Waals surface area contributed by atoms with Crippen molar-refractivity contribution in [3.8, 4) is 11.3 Å². The van der Waals surface area contributed by atoms with E-state index >= 15 is 0 Å². The van der Waals surface area contributed by atoms with Crippen molar-refractivity contribution in [2.45, 2.75) is 25.7 Å². The van der Waals surface area contributed by atoms with E-state index in [0.717, 1.165) is 29.8 Å². The Hall–Kier alpha value is -0.710. The van der Waals surface area contributed by atoms with Crippen LogP contribution < -0.4 is 0 Å². The first-order chi connectivity index (χ1) is 9.24. The van der Waals surface area contributed by atoms with Crippen molar-refractivity contribution < 1.29 is 4.74 Å². The predicted molar refractivity (Wildman–Crippen MR) is 82.8 cm³/mol. The van der Waals surface area contributed by atoms with Gasteiger partial charge in [-0.05, 0) is 31.9 Å². The van der Waals surface area contributed by atoms with Crippen LogP contribution in [0.4, 0.5) is 0 Å². The van der Waals surface area contributed by atoms with Crippen LogP contribution in [0.5, 0.6) is 0 Å². The number of aryl methyl sites for hydroxylation is 1.